The van der Waals surface area contributed by atoms with Crippen molar-refractivity contribution in [3.8, 4) is 0 Å². The minimum Gasteiger partial charge on any atom is -0.386 e. The van der Waals surface area contributed by atoms with Gasteiger partial charge in [0.25, 0.3) is 0 Å². The van der Waals surface area contributed by atoms with Gasteiger partial charge in [-0.05, 0) is 26.7 Å². The van der Waals surface area contributed by atoms with E-state index in [9.17, 15) is 5.11 Å². The summed E-state index contributed by atoms with van der Waals surface area (Å²) in [5.74, 6) is 0. The lowest BCUT2D eigenvalue weighted by atomic mass is 10.1. The van der Waals surface area contributed by atoms with Crippen molar-refractivity contribution in [2.75, 3.05) is 0 Å². The molecule has 0 rings (SSSR count). The Morgan fingerprint density at radius 2 is 1.82 bits per heavy atom. The lowest BCUT2D eigenvalue weighted by Crippen LogP contribution is -2.13. The molecule has 0 heterocycles. The fourth-order valence-electron chi connectivity index (χ4n) is 0.698. The quantitative estimate of drug-likeness (QED) is 0.617. The zero-order valence-corrected chi connectivity index (χ0v) is 7.67. The summed E-state index contributed by atoms with van der Waals surface area (Å²) in [5.41, 5.74) is -0.667. The highest BCUT2D eigenvalue weighted by molar-refractivity contribution is 4.99. The number of rotatable bonds is 4. The van der Waals surface area contributed by atoms with Gasteiger partial charge in [0.05, 0.1) is 5.60 Å². The average Bonchev–Trinajstić information content (AvgIpc) is 1.85. The topological polar surface area (TPSA) is 20.2 Å². The van der Waals surface area contributed by atoms with Crippen LogP contribution in [-0.4, -0.2) is 10.7 Å². The molecule has 0 saturated heterocycles. The van der Waals surface area contributed by atoms with Gasteiger partial charge in [0, 0.05) is 0 Å². The highest BCUT2D eigenvalue weighted by Crippen LogP contribution is 2.03. The Bertz CT molecular complexity index is 137. The first-order valence-electron chi connectivity index (χ1n) is 4.11. The molecule has 0 aromatic rings. The lowest BCUT2D eigenvalue weighted by molar-refractivity contribution is 0.133. The molecule has 1 heteroatoms. The zero-order valence-electron chi connectivity index (χ0n) is 7.67. The van der Waals surface area contributed by atoms with Crippen molar-refractivity contribution in [1.29, 1.82) is 0 Å². The fourth-order valence-corrected chi connectivity index (χ4v) is 0.698. The Morgan fingerprint density at radius 3 is 2.27 bits per heavy atom. The van der Waals surface area contributed by atoms with Crippen molar-refractivity contribution < 1.29 is 5.11 Å². The minimum absolute atomic E-state index is 0.667. The molecule has 0 unspecified atom stereocenters. The molecule has 0 amide bonds. The van der Waals surface area contributed by atoms with E-state index in [0.717, 1.165) is 12.8 Å². The predicted octanol–water partition coefficient (Wildman–Crippen LogP) is 2.67. The van der Waals surface area contributed by atoms with Gasteiger partial charge < -0.3 is 5.11 Å². The highest BCUT2D eigenvalue weighted by Gasteiger charge is 2.04. The second kappa shape index (κ2) is 5.14. The van der Waals surface area contributed by atoms with Crippen LogP contribution in [0.3, 0.4) is 0 Å². The van der Waals surface area contributed by atoms with Crippen LogP contribution in [0.15, 0.2) is 24.3 Å². The second-order valence-corrected chi connectivity index (χ2v) is 3.17. The summed E-state index contributed by atoms with van der Waals surface area (Å²) in [4.78, 5) is 0. The van der Waals surface area contributed by atoms with E-state index in [1.165, 1.54) is 0 Å². The van der Waals surface area contributed by atoms with Crippen LogP contribution >= 0.6 is 0 Å². The van der Waals surface area contributed by atoms with E-state index in [0.29, 0.717) is 0 Å². The molecule has 0 spiro atoms. The molecular weight excluding hydrogens is 136 g/mol. The largest absolute Gasteiger partial charge is 0.386 e. The first-order chi connectivity index (χ1) is 5.06. The van der Waals surface area contributed by atoms with Gasteiger partial charge in [-0.25, -0.2) is 0 Å². The Hall–Kier alpha value is -0.560. The van der Waals surface area contributed by atoms with Crippen LogP contribution in [0.4, 0.5) is 0 Å². The summed E-state index contributed by atoms with van der Waals surface area (Å²) in [6, 6.07) is 0. The molecule has 0 fully saturated rings. The average molecular weight is 154 g/mol. The third-order valence-electron chi connectivity index (χ3n) is 1.20. The van der Waals surface area contributed by atoms with Crippen molar-refractivity contribution in [2.24, 2.45) is 0 Å². The molecule has 0 aliphatic rings. The van der Waals surface area contributed by atoms with Crippen molar-refractivity contribution in [3.63, 3.8) is 0 Å². The van der Waals surface area contributed by atoms with Crippen LogP contribution in [0.1, 0.15) is 33.6 Å². The molecule has 0 bridgehead atoms. The van der Waals surface area contributed by atoms with E-state index in [4.69, 9.17) is 0 Å². The van der Waals surface area contributed by atoms with Crippen LogP contribution in [0, 0.1) is 0 Å². The summed E-state index contributed by atoms with van der Waals surface area (Å²) in [7, 11) is 0. The van der Waals surface area contributed by atoms with Crippen LogP contribution in [0.25, 0.3) is 0 Å². The number of hydrogen-bond donors (Lipinski definition) is 1. The molecule has 1 N–H and O–H groups in total. The maximum absolute atomic E-state index is 9.26. The fraction of sp³-hybridized carbons (Fsp3) is 0.600. The maximum Gasteiger partial charge on any atom is 0.0771 e. The van der Waals surface area contributed by atoms with Gasteiger partial charge in [-0.3, -0.25) is 0 Å². The Labute approximate surface area is 69.4 Å². The van der Waals surface area contributed by atoms with Gasteiger partial charge in [-0.15, -0.1) is 0 Å². The third kappa shape index (κ3) is 9.44. The molecule has 1 nitrogen and oxygen atoms in total. The summed E-state index contributed by atoms with van der Waals surface area (Å²) in [6.45, 7) is 5.65. The van der Waals surface area contributed by atoms with E-state index >= 15 is 0 Å². The molecule has 64 valence electrons. The SMILES string of the molecule is CC/C=C/C/C=C/C(C)(C)O. The molecule has 0 radical (unpaired) electrons. The summed E-state index contributed by atoms with van der Waals surface area (Å²) in [6.07, 6.45) is 10.0. The highest BCUT2D eigenvalue weighted by atomic mass is 16.3. The van der Waals surface area contributed by atoms with E-state index < -0.39 is 5.60 Å². The number of aliphatic hydroxyl groups is 1. The minimum atomic E-state index is -0.667. The molecule has 0 aliphatic heterocycles. The van der Waals surface area contributed by atoms with Crippen LogP contribution in [0.5, 0.6) is 0 Å². The van der Waals surface area contributed by atoms with E-state index in [-0.39, 0.29) is 0 Å². The zero-order chi connectivity index (χ0) is 8.74. The van der Waals surface area contributed by atoms with E-state index in [1.807, 2.05) is 12.2 Å². The van der Waals surface area contributed by atoms with Gasteiger partial charge >= 0.3 is 0 Å². The monoisotopic (exact) mass is 154 g/mol. The predicted molar refractivity (Wildman–Crippen MR) is 49.5 cm³/mol. The van der Waals surface area contributed by atoms with Crippen molar-refractivity contribution in [1.82, 2.24) is 0 Å². The van der Waals surface area contributed by atoms with Gasteiger partial charge in [0.15, 0.2) is 0 Å². The Kier molecular flexibility index (Phi) is 4.88. The summed E-state index contributed by atoms with van der Waals surface area (Å²) < 4.78 is 0. The molecule has 0 aliphatic carbocycles. The van der Waals surface area contributed by atoms with E-state index in [1.54, 1.807) is 13.8 Å². The molecule has 0 atom stereocenters. The maximum atomic E-state index is 9.26. The van der Waals surface area contributed by atoms with Crippen LogP contribution in [-0.2, 0) is 0 Å². The standard InChI is InChI=1S/C10H18O/c1-4-5-6-7-8-9-10(2,3)11/h5-6,8-9,11H,4,7H2,1-3H3/b6-5+,9-8+. The van der Waals surface area contributed by atoms with E-state index in [2.05, 4.69) is 19.1 Å². The van der Waals surface area contributed by atoms with Crippen molar-refractivity contribution in [2.45, 2.75) is 39.2 Å². The third-order valence-corrected chi connectivity index (χ3v) is 1.20. The summed E-state index contributed by atoms with van der Waals surface area (Å²) >= 11 is 0. The van der Waals surface area contributed by atoms with Crippen LogP contribution < -0.4 is 0 Å². The molecule has 0 aromatic carbocycles. The molecule has 0 aromatic heterocycles. The molecular formula is C10H18O. The van der Waals surface area contributed by atoms with Crippen molar-refractivity contribution in [3.05, 3.63) is 24.3 Å². The normalized spacial score (nSPS) is 13.5. The van der Waals surface area contributed by atoms with Gasteiger partial charge in [-0.2, -0.15) is 0 Å². The van der Waals surface area contributed by atoms with Gasteiger partial charge in [0.2, 0.25) is 0 Å². The molecule has 0 saturated carbocycles. The second-order valence-electron chi connectivity index (χ2n) is 3.17. The number of hydrogen-bond acceptors (Lipinski definition) is 1. The smallest absolute Gasteiger partial charge is 0.0771 e. The Balaban J connectivity index is 3.53. The first-order valence-corrected chi connectivity index (χ1v) is 4.11. The lowest BCUT2D eigenvalue weighted by Gasteiger charge is -2.09. The van der Waals surface area contributed by atoms with Gasteiger partial charge in [-0.1, -0.05) is 31.2 Å². The van der Waals surface area contributed by atoms with Crippen molar-refractivity contribution >= 4 is 0 Å². The van der Waals surface area contributed by atoms with Gasteiger partial charge in [0.1, 0.15) is 0 Å². The Morgan fingerprint density at radius 1 is 1.18 bits per heavy atom. The number of allylic oxidation sites excluding steroid dienone is 3. The summed E-state index contributed by atoms with van der Waals surface area (Å²) in [5, 5.41) is 9.26. The first kappa shape index (κ1) is 10.4. The molecule has 11 heavy (non-hydrogen) atoms. The van der Waals surface area contributed by atoms with Crippen LogP contribution in [0.2, 0.25) is 0 Å².